The molecule has 0 aromatic heterocycles. The quantitative estimate of drug-likeness (QED) is 0.831. The molecular weight excluding hydrogens is 385 g/mol. The number of nitrogens with zero attached hydrogens (tertiary/aromatic N) is 2. The summed E-state index contributed by atoms with van der Waals surface area (Å²) in [4.78, 5) is 28.1. The lowest BCUT2D eigenvalue weighted by molar-refractivity contribution is -0.134. The fourth-order valence-electron chi connectivity index (χ4n) is 3.32. The first kappa shape index (κ1) is 19.7. The van der Waals surface area contributed by atoms with Gasteiger partial charge in [0.05, 0.1) is 22.6 Å². The fraction of sp³-hybridized carbons (Fsp3) is 0.300. The number of rotatable bonds is 5. The number of carbonyl (C=O) groups is 2. The number of halogens is 2. The lowest BCUT2D eigenvalue weighted by Crippen LogP contribution is -2.51. The maximum absolute atomic E-state index is 12.7. The third kappa shape index (κ3) is 4.61. The molecule has 1 aliphatic heterocycles. The highest BCUT2D eigenvalue weighted by Gasteiger charge is 2.31. The van der Waals surface area contributed by atoms with Gasteiger partial charge >= 0.3 is 0 Å². The van der Waals surface area contributed by atoms with Gasteiger partial charge in [0, 0.05) is 20.1 Å². The Labute approximate surface area is 168 Å². The molecule has 0 radical (unpaired) electrons. The second-order valence-electron chi connectivity index (χ2n) is 6.79. The van der Waals surface area contributed by atoms with E-state index >= 15 is 0 Å². The summed E-state index contributed by atoms with van der Waals surface area (Å²) in [6, 6.07) is 12.7. The van der Waals surface area contributed by atoms with Gasteiger partial charge in [-0.05, 0) is 35.2 Å². The Bertz CT molecular complexity index is 872. The number of fused-ring (bicyclic) bond motifs is 1. The second-order valence-corrected chi connectivity index (χ2v) is 7.61. The number of hydrogen-bond donors (Lipinski definition) is 1. The van der Waals surface area contributed by atoms with Gasteiger partial charge in [0.2, 0.25) is 11.8 Å². The minimum atomic E-state index is -0.484. The largest absolute Gasteiger partial charge is 0.368 e. The van der Waals surface area contributed by atoms with E-state index in [1.165, 1.54) is 0 Å². The number of hydrogen-bond acceptors (Lipinski definition) is 3. The van der Waals surface area contributed by atoms with Gasteiger partial charge in [0.1, 0.15) is 0 Å². The van der Waals surface area contributed by atoms with Crippen LogP contribution < -0.4 is 5.73 Å². The van der Waals surface area contributed by atoms with Gasteiger partial charge in [0.25, 0.3) is 0 Å². The molecular formula is C20H21Cl2N3O2. The van der Waals surface area contributed by atoms with Gasteiger partial charge in [-0.3, -0.25) is 14.5 Å². The lowest BCUT2D eigenvalue weighted by Gasteiger charge is -2.35. The van der Waals surface area contributed by atoms with Crippen molar-refractivity contribution in [1.82, 2.24) is 9.80 Å². The number of nitrogens with two attached hydrogens (primary N) is 1. The molecule has 0 fully saturated rings. The van der Waals surface area contributed by atoms with Crippen LogP contribution in [0.15, 0.2) is 42.5 Å². The number of benzene rings is 2. The maximum Gasteiger partial charge on any atom is 0.236 e. The van der Waals surface area contributed by atoms with Crippen LogP contribution in [0.2, 0.25) is 10.0 Å². The lowest BCUT2D eigenvalue weighted by atomic mass is 9.93. The molecule has 1 atom stereocenters. The summed E-state index contributed by atoms with van der Waals surface area (Å²) in [5.74, 6) is -0.504. The van der Waals surface area contributed by atoms with E-state index in [1.54, 1.807) is 24.1 Å². The van der Waals surface area contributed by atoms with E-state index in [-0.39, 0.29) is 12.5 Å². The van der Waals surface area contributed by atoms with Crippen LogP contribution in [-0.4, -0.2) is 41.2 Å². The zero-order valence-electron chi connectivity index (χ0n) is 15.0. The zero-order chi connectivity index (χ0) is 19.6. The first-order valence-corrected chi connectivity index (χ1v) is 9.39. The summed E-state index contributed by atoms with van der Waals surface area (Å²) in [5, 5.41) is 0.933. The van der Waals surface area contributed by atoms with E-state index < -0.39 is 11.9 Å². The van der Waals surface area contributed by atoms with E-state index in [0.29, 0.717) is 29.6 Å². The number of amides is 2. The molecule has 2 N–H and O–H groups in total. The normalized spacial score (nSPS) is 16.6. The molecule has 1 aliphatic rings. The average Bonchev–Trinajstić information content (AvgIpc) is 2.64. The predicted molar refractivity (Wildman–Crippen MR) is 106 cm³/mol. The topological polar surface area (TPSA) is 66.6 Å². The zero-order valence-corrected chi connectivity index (χ0v) is 16.5. The number of primary amides is 1. The molecule has 27 heavy (non-hydrogen) atoms. The first-order chi connectivity index (χ1) is 12.8. The van der Waals surface area contributed by atoms with Crippen LogP contribution in [0.25, 0.3) is 0 Å². The molecule has 3 rings (SSSR count). The standard InChI is InChI=1S/C20H21Cl2N3O2/c1-24(10-13-6-7-16(21)17(22)8-13)19(26)12-25-11-15-5-3-2-4-14(15)9-18(25)20(23)27/h2-8,18H,9-12H2,1H3,(H2,23,27)/t18-/m0/s1. The summed E-state index contributed by atoms with van der Waals surface area (Å²) in [6.45, 7) is 1.05. The monoisotopic (exact) mass is 405 g/mol. The van der Waals surface area contributed by atoms with Crippen LogP contribution >= 0.6 is 23.2 Å². The Morgan fingerprint density at radius 1 is 1.15 bits per heavy atom. The molecule has 0 unspecified atom stereocenters. The third-order valence-electron chi connectivity index (χ3n) is 4.84. The average molecular weight is 406 g/mol. The molecule has 142 valence electrons. The molecule has 0 bridgehead atoms. The molecule has 0 saturated carbocycles. The minimum Gasteiger partial charge on any atom is -0.368 e. The van der Waals surface area contributed by atoms with Gasteiger partial charge in [-0.15, -0.1) is 0 Å². The Morgan fingerprint density at radius 2 is 1.85 bits per heavy atom. The molecule has 0 aliphatic carbocycles. The van der Waals surface area contributed by atoms with Gasteiger partial charge in [0.15, 0.2) is 0 Å². The SMILES string of the molecule is CN(Cc1ccc(Cl)c(Cl)c1)C(=O)CN1Cc2ccccc2C[C@H]1C(N)=O. The van der Waals surface area contributed by atoms with Crippen molar-refractivity contribution in [2.24, 2.45) is 5.73 Å². The van der Waals surface area contributed by atoms with Gasteiger partial charge < -0.3 is 10.6 Å². The maximum atomic E-state index is 12.7. The highest BCUT2D eigenvalue weighted by molar-refractivity contribution is 6.42. The summed E-state index contributed by atoms with van der Waals surface area (Å²) in [7, 11) is 1.72. The molecule has 1 heterocycles. The predicted octanol–water partition coefficient (Wildman–Crippen LogP) is 2.86. The van der Waals surface area contributed by atoms with Crippen molar-refractivity contribution in [2.45, 2.75) is 25.6 Å². The van der Waals surface area contributed by atoms with Crippen LogP contribution in [-0.2, 0) is 29.1 Å². The van der Waals surface area contributed by atoms with Crippen LogP contribution in [0, 0.1) is 0 Å². The minimum absolute atomic E-state index is 0.0910. The molecule has 5 nitrogen and oxygen atoms in total. The van der Waals surface area contributed by atoms with Gasteiger partial charge in [-0.25, -0.2) is 0 Å². The smallest absolute Gasteiger partial charge is 0.236 e. The molecule has 0 saturated heterocycles. The fourth-order valence-corrected chi connectivity index (χ4v) is 3.64. The highest BCUT2D eigenvalue weighted by Crippen LogP contribution is 2.24. The van der Waals surface area contributed by atoms with E-state index in [9.17, 15) is 9.59 Å². The Balaban J connectivity index is 1.69. The first-order valence-electron chi connectivity index (χ1n) is 8.63. The summed E-state index contributed by atoms with van der Waals surface area (Å²) in [5.41, 5.74) is 8.70. The summed E-state index contributed by atoms with van der Waals surface area (Å²) < 4.78 is 0. The van der Waals surface area contributed by atoms with Crippen molar-refractivity contribution in [3.63, 3.8) is 0 Å². The van der Waals surface area contributed by atoms with Crippen LogP contribution in [0.3, 0.4) is 0 Å². The van der Waals surface area contributed by atoms with Crippen molar-refractivity contribution >= 4 is 35.0 Å². The van der Waals surface area contributed by atoms with Crippen molar-refractivity contribution in [3.05, 3.63) is 69.2 Å². The molecule has 2 amide bonds. The molecule has 7 heteroatoms. The Kier molecular flexibility index (Phi) is 6.05. The Hall–Kier alpha value is -2.08. The second kappa shape index (κ2) is 8.30. The van der Waals surface area contributed by atoms with Crippen molar-refractivity contribution in [3.8, 4) is 0 Å². The summed E-state index contributed by atoms with van der Waals surface area (Å²) in [6.07, 6.45) is 0.523. The van der Waals surface area contributed by atoms with E-state index in [1.807, 2.05) is 35.2 Å². The highest BCUT2D eigenvalue weighted by atomic mass is 35.5. The van der Waals surface area contributed by atoms with Crippen LogP contribution in [0.4, 0.5) is 0 Å². The van der Waals surface area contributed by atoms with Gasteiger partial charge in [-0.2, -0.15) is 0 Å². The Morgan fingerprint density at radius 3 is 2.52 bits per heavy atom. The summed E-state index contributed by atoms with van der Waals surface area (Å²) >= 11 is 12.0. The third-order valence-corrected chi connectivity index (χ3v) is 5.58. The van der Waals surface area contributed by atoms with E-state index in [0.717, 1.165) is 16.7 Å². The number of carbonyl (C=O) groups excluding carboxylic acids is 2. The van der Waals surface area contributed by atoms with E-state index in [2.05, 4.69) is 0 Å². The van der Waals surface area contributed by atoms with Crippen LogP contribution in [0.5, 0.6) is 0 Å². The van der Waals surface area contributed by atoms with Crippen molar-refractivity contribution < 1.29 is 9.59 Å². The van der Waals surface area contributed by atoms with Crippen molar-refractivity contribution in [1.29, 1.82) is 0 Å². The molecule has 0 spiro atoms. The van der Waals surface area contributed by atoms with Crippen LogP contribution in [0.1, 0.15) is 16.7 Å². The number of likely N-dealkylation sites (N-methyl/N-ethyl adjacent to an activating group) is 1. The van der Waals surface area contributed by atoms with E-state index in [4.69, 9.17) is 28.9 Å². The molecule has 2 aromatic carbocycles. The molecule has 2 aromatic rings. The van der Waals surface area contributed by atoms with Crippen molar-refractivity contribution in [2.75, 3.05) is 13.6 Å². The van der Waals surface area contributed by atoms with Gasteiger partial charge in [-0.1, -0.05) is 53.5 Å².